The molecule has 0 saturated heterocycles. The molecule has 0 aliphatic heterocycles. The van der Waals surface area contributed by atoms with Crippen molar-refractivity contribution in [2.24, 2.45) is 0 Å². The van der Waals surface area contributed by atoms with Gasteiger partial charge in [0, 0.05) is 11.6 Å². The molecule has 1 aromatic heterocycles. The Morgan fingerprint density at radius 2 is 2.21 bits per heavy atom. The van der Waals surface area contributed by atoms with Crippen LogP contribution >= 0.6 is 22.9 Å². The van der Waals surface area contributed by atoms with Gasteiger partial charge in [0.15, 0.2) is 0 Å². The molecule has 0 spiro atoms. The fourth-order valence-corrected chi connectivity index (χ4v) is 1.74. The van der Waals surface area contributed by atoms with E-state index in [4.69, 9.17) is 16.3 Å². The predicted octanol–water partition coefficient (Wildman–Crippen LogP) is 3.38. The number of hydrogen-bond acceptors (Lipinski definition) is 3. The van der Waals surface area contributed by atoms with Gasteiger partial charge in [-0.1, -0.05) is 23.7 Å². The second-order valence-electron chi connectivity index (χ2n) is 2.64. The van der Waals surface area contributed by atoms with Gasteiger partial charge in [-0.2, -0.15) is 0 Å². The second kappa shape index (κ2) is 4.44. The van der Waals surface area contributed by atoms with Gasteiger partial charge in [0.2, 0.25) is 0 Å². The number of aromatic nitrogens is 1. The monoisotopic (exact) mass is 225 g/mol. The Morgan fingerprint density at radius 1 is 1.36 bits per heavy atom. The van der Waals surface area contributed by atoms with Crippen molar-refractivity contribution < 1.29 is 4.74 Å². The molecule has 2 nitrogen and oxygen atoms in total. The first-order valence-corrected chi connectivity index (χ1v) is 5.38. The van der Waals surface area contributed by atoms with Crippen LogP contribution in [0.2, 0.25) is 5.02 Å². The minimum Gasteiger partial charge on any atom is -0.485 e. The summed E-state index contributed by atoms with van der Waals surface area (Å²) in [6, 6.07) is 7.41. The normalized spacial score (nSPS) is 10.1. The maximum atomic E-state index is 5.92. The Morgan fingerprint density at radius 3 is 2.93 bits per heavy atom. The molecule has 0 aliphatic rings. The summed E-state index contributed by atoms with van der Waals surface area (Å²) in [7, 11) is 0. The third-order valence-electron chi connectivity index (χ3n) is 1.67. The minimum atomic E-state index is 0.474. The van der Waals surface area contributed by atoms with Crippen LogP contribution in [0.3, 0.4) is 0 Å². The van der Waals surface area contributed by atoms with Crippen LogP contribution in [0.4, 0.5) is 0 Å². The number of thiazole rings is 1. The van der Waals surface area contributed by atoms with Gasteiger partial charge in [0.25, 0.3) is 0 Å². The maximum absolute atomic E-state index is 5.92. The summed E-state index contributed by atoms with van der Waals surface area (Å²) in [6.07, 6.45) is 1.76. The molecule has 0 radical (unpaired) electrons. The molecule has 72 valence electrons. The Bertz CT molecular complexity index is 402. The van der Waals surface area contributed by atoms with E-state index in [0.717, 1.165) is 5.01 Å². The highest BCUT2D eigenvalue weighted by molar-refractivity contribution is 7.09. The van der Waals surface area contributed by atoms with Crippen molar-refractivity contribution in [1.82, 2.24) is 4.98 Å². The molecule has 0 N–H and O–H groups in total. The predicted molar refractivity (Wildman–Crippen MR) is 57.9 cm³/mol. The van der Waals surface area contributed by atoms with E-state index in [1.54, 1.807) is 23.6 Å². The zero-order chi connectivity index (χ0) is 9.80. The van der Waals surface area contributed by atoms with E-state index in [1.165, 1.54) is 0 Å². The third-order valence-corrected chi connectivity index (χ3v) is 2.74. The summed E-state index contributed by atoms with van der Waals surface area (Å²) < 4.78 is 5.50. The van der Waals surface area contributed by atoms with Crippen LogP contribution in [0, 0.1) is 0 Å². The van der Waals surface area contributed by atoms with Crippen molar-refractivity contribution in [1.29, 1.82) is 0 Å². The Kier molecular flexibility index (Phi) is 3.01. The van der Waals surface area contributed by atoms with Gasteiger partial charge in [0.05, 0.1) is 5.02 Å². The first-order chi connectivity index (χ1) is 6.86. The maximum Gasteiger partial charge on any atom is 0.140 e. The molecule has 0 amide bonds. The molecule has 2 rings (SSSR count). The molecule has 1 heterocycles. The Balaban J connectivity index is 2.02. The molecule has 0 fully saturated rings. The van der Waals surface area contributed by atoms with E-state index in [2.05, 4.69) is 4.98 Å². The van der Waals surface area contributed by atoms with Gasteiger partial charge in [0.1, 0.15) is 17.4 Å². The van der Waals surface area contributed by atoms with Gasteiger partial charge >= 0.3 is 0 Å². The largest absolute Gasteiger partial charge is 0.485 e. The number of halogens is 1. The van der Waals surface area contributed by atoms with Crippen molar-refractivity contribution >= 4 is 22.9 Å². The lowest BCUT2D eigenvalue weighted by molar-refractivity contribution is 0.306. The zero-order valence-electron chi connectivity index (χ0n) is 7.31. The van der Waals surface area contributed by atoms with Crippen LogP contribution in [-0.4, -0.2) is 4.98 Å². The summed E-state index contributed by atoms with van der Waals surface area (Å²) in [5.41, 5.74) is 0. The van der Waals surface area contributed by atoms with Gasteiger partial charge < -0.3 is 4.74 Å². The van der Waals surface area contributed by atoms with Crippen molar-refractivity contribution in [3.63, 3.8) is 0 Å². The fourth-order valence-electron chi connectivity index (χ4n) is 1.03. The fraction of sp³-hybridized carbons (Fsp3) is 0.100. The van der Waals surface area contributed by atoms with Crippen molar-refractivity contribution in [2.75, 3.05) is 0 Å². The Hall–Kier alpha value is -1.06. The van der Waals surface area contributed by atoms with Gasteiger partial charge in [-0.25, -0.2) is 4.98 Å². The third kappa shape index (κ3) is 2.25. The lowest BCUT2D eigenvalue weighted by Crippen LogP contribution is -1.94. The quantitative estimate of drug-likeness (QED) is 0.799. The second-order valence-corrected chi connectivity index (χ2v) is 4.03. The van der Waals surface area contributed by atoms with E-state index >= 15 is 0 Å². The van der Waals surface area contributed by atoms with E-state index < -0.39 is 0 Å². The van der Waals surface area contributed by atoms with Gasteiger partial charge in [-0.15, -0.1) is 11.3 Å². The van der Waals surface area contributed by atoms with Crippen LogP contribution in [0.25, 0.3) is 0 Å². The lowest BCUT2D eigenvalue weighted by Gasteiger charge is -2.04. The molecular formula is C10H8ClNOS. The topological polar surface area (TPSA) is 22.1 Å². The SMILES string of the molecule is Clc1ccccc1OCc1nccs1. The van der Waals surface area contributed by atoms with Gasteiger partial charge in [-0.3, -0.25) is 0 Å². The average molecular weight is 226 g/mol. The molecule has 0 bridgehead atoms. The highest BCUT2D eigenvalue weighted by Crippen LogP contribution is 2.24. The van der Waals surface area contributed by atoms with Crippen LogP contribution in [0.5, 0.6) is 5.75 Å². The highest BCUT2D eigenvalue weighted by Gasteiger charge is 2.01. The smallest absolute Gasteiger partial charge is 0.140 e. The number of hydrogen-bond donors (Lipinski definition) is 0. The number of para-hydroxylation sites is 1. The zero-order valence-corrected chi connectivity index (χ0v) is 8.89. The summed E-state index contributed by atoms with van der Waals surface area (Å²) in [5.74, 6) is 0.698. The Labute approximate surface area is 91.1 Å². The summed E-state index contributed by atoms with van der Waals surface area (Å²) in [5, 5.41) is 3.50. The van der Waals surface area contributed by atoms with Crippen molar-refractivity contribution in [3.05, 3.63) is 45.9 Å². The molecule has 14 heavy (non-hydrogen) atoms. The van der Waals surface area contributed by atoms with E-state index in [-0.39, 0.29) is 0 Å². The number of ether oxygens (including phenoxy) is 1. The first kappa shape index (κ1) is 9.49. The molecule has 4 heteroatoms. The summed E-state index contributed by atoms with van der Waals surface area (Å²) in [6.45, 7) is 0.474. The number of rotatable bonds is 3. The average Bonchev–Trinajstić information content (AvgIpc) is 2.69. The number of benzene rings is 1. The number of nitrogens with zero attached hydrogens (tertiary/aromatic N) is 1. The van der Waals surface area contributed by atoms with Crippen LogP contribution in [-0.2, 0) is 6.61 Å². The molecule has 0 unspecified atom stereocenters. The van der Waals surface area contributed by atoms with Crippen LogP contribution < -0.4 is 4.74 Å². The molecule has 2 aromatic rings. The lowest BCUT2D eigenvalue weighted by atomic mass is 10.3. The van der Waals surface area contributed by atoms with Crippen molar-refractivity contribution in [3.8, 4) is 5.75 Å². The van der Waals surface area contributed by atoms with E-state index in [1.807, 2.05) is 23.6 Å². The van der Waals surface area contributed by atoms with E-state index in [0.29, 0.717) is 17.4 Å². The minimum absolute atomic E-state index is 0.474. The van der Waals surface area contributed by atoms with Gasteiger partial charge in [-0.05, 0) is 12.1 Å². The first-order valence-electron chi connectivity index (χ1n) is 4.12. The van der Waals surface area contributed by atoms with Crippen molar-refractivity contribution in [2.45, 2.75) is 6.61 Å². The van der Waals surface area contributed by atoms with Crippen LogP contribution in [0.15, 0.2) is 35.8 Å². The standard InChI is InChI=1S/C10H8ClNOS/c11-8-3-1-2-4-9(8)13-7-10-12-5-6-14-10/h1-6H,7H2. The molecule has 0 aliphatic carbocycles. The summed E-state index contributed by atoms with van der Waals surface area (Å²) in [4.78, 5) is 4.11. The molecule has 0 saturated carbocycles. The molecular weight excluding hydrogens is 218 g/mol. The molecule has 0 atom stereocenters. The highest BCUT2D eigenvalue weighted by atomic mass is 35.5. The molecule has 1 aromatic carbocycles. The van der Waals surface area contributed by atoms with E-state index in [9.17, 15) is 0 Å². The van der Waals surface area contributed by atoms with Crippen LogP contribution in [0.1, 0.15) is 5.01 Å². The summed E-state index contributed by atoms with van der Waals surface area (Å²) >= 11 is 7.49.